The van der Waals surface area contributed by atoms with E-state index in [0.717, 1.165) is 24.4 Å². The molecule has 0 bridgehead atoms. The topological polar surface area (TPSA) is 32.3 Å². The van der Waals surface area contributed by atoms with E-state index in [1.165, 1.54) is 23.8 Å². The monoisotopic (exact) mass is 283 g/mol. The smallest absolute Gasteiger partial charge is 0.123 e. The molecule has 2 N–H and O–H groups in total. The van der Waals surface area contributed by atoms with Gasteiger partial charge in [-0.3, -0.25) is 0 Å². The van der Waals surface area contributed by atoms with Gasteiger partial charge >= 0.3 is 0 Å². The summed E-state index contributed by atoms with van der Waals surface area (Å²) in [5.74, 6) is 2.40. The van der Waals surface area contributed by atoms with Crippen molar-refractivity contribution in [1.82, 2.24) is 5.32 Å². The Morgan fingerprint density at radius 1 is 1.14 bits per heavy atom. The van der Waals surface area contributed by atoms with Gasteiger partial charge in [0, 0.05) is 5.39 Å². The van der Waals surface area contributed by atoms with Crippen LogP contribution in [0.4, 0.5) is 0 Å². The van der Waals surface area contributed by atoms with Crippen LogP contribution in [0.1, 0.15) is 38.2 Å². The number of nitrogens with one attached hydrogen (secondary N) is 1. The molecule has 1 saturated heterocycles. The van der Waals surface area contributed by atoms with Crippen LogP contribution in [0, 0.1) is 11.8 Å². The van der Waals surface area contributed by atoms with Crippen LogP contribution in [-0.2, 0) is 0 Å². The minimum atomic E-state index is 0.392. The van der Waals surface area contributed by atoms with Crippen LogP contribution in [0.25, 0.3) is 10.8 Å². The zero-order valence-electron chi connectivity index (χ0n) is 13.0. The lowest BCUT2D eigenvalue weighted by Gasteiger charge is -2.34. The van der Waals surface area contributed by atoms with Gasteiger partial charge < -0.3 is 10.4 Å². The van der Waals surface area contributed by atoms with Gasteiger partial charge in [-0.15, -0.1) is 0 Å². The fourth-order valence-corrected chi connectivity index (χ4v) is 3.82. The average molecular weight is 283 g/mol. The molecule has 0 radical (unpaired) electrons. The largest absolute Gasteiger partial charge is 0.507 e. The molecule has 2 heteroatoms. The fourth-order valence-electron chi connectivity index (χ4n) is 3.82. The third-order valence-electron chi connectivity index (χ3n) is 4.72. The summed E-state index contributed by atoms with van der Waals surface area (Å²) < 4.78 is 0. The maximum Gasteiger partial charge on any atom is 0.123 e. The van der Waals surface area contributed by atoms with E-state index in [1.807, 2.05) is 18.2 Å². The SMILES string of the molecule is CC(C)CC1CNCCC1c1ccc(O)c2ccccc12. The van der Waals surface area contributed by atoms with Crippen LogP contribution in [0.2, 0.25) is 0 Å². The van der Waals surface area contributed by atoms with Gasteiger partial charge in [0.2, 0.25) is 0 Å². The zero-order chi connectivity index (χ0) is 14.8. The van der Waals surface area contributed by atoms with Gasteiger partial charge in [-0.1, -0.05) is 44.2 Å². The third kappa shape index (κ3) is 2.91. The first-order valence-electron chi connectivity index (χ1n) is 8.08. The first-order valence-corrected chi connectivity index (χ1v) is 8.08. The lowest BCUT2D eigenvalue weighted by atomic mass is 9.76. The fraction of sp³-hybridized carbons (Fsp3) is 0.474. The van der Waals surface area contributed by atoms with E-state index in [4.69, 9.17) is 0 Å². The van der Waals surface area contributed by atoms with Gasteiger partial charge in [0.15, 0.2) is 0 Å². The molecule has 1 aliphatic heterocycles. The lowest BCUT2D eigenvalue weighted by molar-refractivity contribution is 0.281. The van der Waals surface area contributed by atoms with E-state index in [2.05, 4.69) is 37.4 Å². The molecular weight excluding hydrogens is 258 g/mol. The van der Waals surface area contributed by atoms with E-state index < -0.39 is 0 Å². The molecule has 1 aliphatic rings. The summed E-state index contributed by atoms with van der Waals surface area (Å²) in [6.07, 6.45) is 2.44. The summed E-state index contributed by atoms with van der Waals surface area (Å²) in [5, 5.41) is 15.8. The zero-order valence-corrected chi connectivity index (χ0v) is 13.0. The molecule has 2 nitrogen and oxygen atoms in total. The van der Waals surface area contributed by atoms with Crippen LogP contribution in [-0.4, -0.2) is 18.2 Å². The molecule has 0 aliphatic carbocycles. The number of hydrogen-bond donors (Lipinski definition) is 2. The number of aromatic hydroxyl groups is 1. The molecule has 2 aromatic rings. The summed E-state index contributed by atoms with van der Waals surface area (Å²) >= 11 is 0. The molecular formula is C19H25NO. The number of fused-ring (bicyclic) bond motifs is 1. The van der Waals surface area contributed by atoms with E-state index in [1.54, 1.807) is 0 Å². The number of phenols is 1. The first kappa shape index (κ1) is 14.4. The van der Waals surface area contributed by atoms with Crippen molar-refractivity contribution in [2.24, 2.45) is 11.8 Å². The number of hydrogen-bond acceptors (Lipinski definition) is 2. The Hall–Kier alpha value is -1.54. The molecule has 1 fully saturated rings. The van der Waals surface area contributed by atoms with Gasteiger partial charge in [-0.2, -0.15) is 0 Å². The minimum absolute atomic E-state index is 0.392. The van der Waals surface area contributed by atoms with Gasteiger partial charge in [0.25, 0.3) is 0 Å². The van der Waals surface area contributed by atoms with Crippen LogP contribution in [0.15, 0.2) is 36.4 Å². The Labute approximate surface area is 127 Å². The Bertz CT molecular complexity index is 620. The summed E-state index contributed by atoms with van der Waals surface area (Å²) in [7, 11) is 0. The number of benzene rings is 2. The Morgan fingerprint density at radius 2 is 1.90 bits per heavy atom. The molecule has 0 spiro atoms. The molecule has 2 aromatic carbocycles. The molecule has 0 saturated carbocycles. The van der Waals surface area contributed by atoms with Crippen molar-refractivity contribution in [1.29, 1.82) is 0 Å². The Kier molecular flexibility index (Phi) is 4.16. The second-order valence-corrected chi connectivity index (χ2v) is 6.71. The van der Waals surface area contributed by atoms with Crippen molar-refractivity contribution >= 4 is 10.8 Å². The normalized spacial score (nSPS) is 22.8. The highest BCUT2D eigenvalue weighted by Crippen LogP contribution is 2.39. The number of phenolic OH excluding ortho intramolecular Hbond substituents is 1. The Balaban J connectivity index is 2.03. The quantitative estimate of drug-likeness (QED) is 0.881. The number of piperidine rings is 1. The Morgan fingerprint density at radius 3 is 2.67 bits per heavy atom. The van der Waals surface area contributed by atoms with E-state index >= 15 is 0 Å². The molecule has 0 aromatic heterocycles. The summed E-state index contributed by atoms with van der Waals surface area (Å²) in [4.78, 5) is 0. The van der Waals surface area contributed by atoms with Gasteiger partial charge in [-0.05, 0) is 60.7 Å². The lowest BCUT2D eigenvalue weighted by Crippen LogP contribution is -2.36. The molecule has 3 rings (SSSR count). The van der Waals surface area contributed by atoms with Crippen molar-refractivity contribution in [2.75, 3.05) is 13.1 Å². The predicted octanol–water partition coefficient (Wildman–Crippen LogP) is 4.28. The summed E-state index contributed by atoms with van der Waals surface area (Å²) in [6, 6.07) is 12.3. The third-order valence-corrected chi connectivity index (χ3v) is 4.72. The van der Waals surface area contributed by atoms with E-state index in [9.17, 15) is 5.11 Å². The van der Waals surface area contributed by atoms with Crippen molar-refractivity contribution < 1.29 is 5.11 Å². The van der Waals surface area contributed by atoms with E-state index in [-0.39, 0.29) is 0 Å². The predicted molar refractivity (Wildman–Crippen MR) is 88.8 cm³/mol. The van der Waals surface area contributed by atoms with Crippen molar-refractivity contribution in [3.63, 3.8) is 0 Å². The summed E-state index contributed by atoms with van der Waals surface area (Å²) in [6.45, 7) is 6.81. The minimum Gasteiger partial charge on any atom is -0.507 e. The second-order valence-electron chi connectivity index (χ2n) is 6.71. The second kappa shape index (κ2) is 6.07. The summed E-state index contributed by atoms with van der Waals surface area (Å²) in [5.41, 5.74) is 1.41. The molecule has 112 valence electrons. The highest BCUT2D eigenvalue weighted by molar-refractivity contribution is 5.91. The van der Waals surface area contributed by atoms with Crippen LogP contribution < -0.4 is 5.32 Å². The maximum absolute atomic E-state index is 10.1. The van der Waals surface area contributed by atoms with Crippen LogP contribution in [0.3, 0.4) is 0 Å². The molecule has 2 unspecified atom stereocenters. The van der Waals surface area contributed by atoms with Crippen molar-refractivity contribution in [2.45, 2.75) is 32.6 Å². The molecule has 0 amide bonds. The molecule has 1 heterocycles. The van der Waals surface area contributed by atoms with Crippen LogP contribution in [0.5, 0.6) is 5.75 Å². The molecule has 21 heavy (non-hydrogen) atoms. The van der Waals surface area contributed by atoms with Gasteiger partial charge in [-0.25, -0.2) is 0 Å². The van der Waals surface area contributed by atoms with Crippen molar-refractivity contribution in [3.05, 3.63) is 42.0 Å². The average Bonchev–Trinajstić information content (AvgIpc) is 2.48. The van der Waals surface area contributed by atoms with Crippen LogP contribution >= 0.6 is 0 Å². The van der Waals surface area contributed by atoms with Crippen molar-refractivity contribution in [3.8, 4) is 5.75 Å². The maximum atomic E-state index is 10.1. The molecule has 2 atom stereocenters. The first-order chi connectivity index (χ1) is 10.2. The van der Waals surface area contributed by atoms with Gasteiger partial charge in [0.05, 0.1) is 0 Å². The van der Waals surface area contributed by atoms with E-state index in [0.29, 0.717) is 17.6 Å². The number of rotatable bonds is 3. The standard InChI is InChI=1S/C19H25NO/c1-13(2)11-14-12-20-10-9-15(14)17-7-8-19(21)18-6-4-3-5-16(17)18/h3-8,13-15,20-21H,9-12H2,1-2H3. The highest BCUT2D eigenvalue weighted by Gasteiger charge is 2.28. The van der Waals surface area contributed by atoms with Gasteiger partial charge in [0.1, 0.15) is 5.75 Å². The highest BCUT2D eigenvalue weighted by atomic mass is 16.3.